The Morgan fingerprint density at radius 2 is 2.20 bits per heavy atom. The van der Waals surface area contributed by atoms with Crippen molar-refractivity contribution < 1.29 is 0 Å². The first kappa shape index (κ1) is 12.0. The fourth-order valence-corrected chi connectivity index (χ4v) is 1.59. The van der Waals surface area contributed by atoms with Crippen LogP contribution in [0.3, 0.4) is 0 Å². The molecule has 15 heavy (non-hydrogen) atoms. The van der Waals surface area contributed by atoms with Crippen molar-refractivity contribution in [1.82, 2.24) is 10.3 Å². The Labute approximate surface area is 92.5 Å². The first-order valence-electron chi connectivity index (χ1n) is 5.52. The third-order valence-electron chi connectivity index (χ3n) is 2.41. The predicted octanol–water partition coefficient (Wildman–Crippen LogP) is 2.21. The lowest BCUT2D eigenvalue weighted by Gasteiger charge is -2.20. The van der Waals surface area contributed by atoms with E-state index in [-0.39, 0.29) is 0 Å². The maximum absolute atomic E-state index is 4.39. The van der Waals surface area contributed by atoms with E-state index in [1.54, 1.807) is 0 Å². The number of nitrogens with zero attached hydrogens (tertiary/aromatic N) is 2. The quantitative estimate of drug-likeness (QED) is 0.802. The van der Waals surface area contributed by atoms with Gasteiger partial charge in [-0.05, 0) is 26.0 Å². The summed E-state index contributed by atoms with van der Waals surface area (Å²) in [5.41, 5.74) is 1.26. The molecule has 1 aromatic rings. The first-order chi connectivity index (χ1) is 7.16. The van der Waals surface area contributed by atoms with Crippen LogP contribution in [0.2, 0.25) is 0 Å². The fourth-order valence-electron chi connectivity index (χ4n) is 1.59. The smallest absolute Gasteiger partial charge is 0.132 e. The van der Waals surface area contributed by atoms with E-state index in [1.807, 2.05) is 26.4 Å². The van der Waals surface area contributed by atoms with Crippen molar-refractivity contribution in [3.63, 3.8) is 0 Å². The van der Waals surface area contributed by atoms with Gasteiger partial charge in [0, 0.05) is 31.9 Å². The zero-order chi connectivity index (χ0) is 11.3. The Morgan fingerprint density at radius 3 is 2.80 bits per heavy atom. The molecule has 1 heterocycles. The van der Waals surface area contributed by atoms with Crippen LogP contribution in [0.25, 0.3) is 0 Å². The van der Waals surface area contributed by atoms with Gasteiger partial charge in [-0.3, -0.25) is 0 Å². The zero-order valence-corrected chi connectivity index (χ0v) is 10.1. The third-order valence-corrected chi connectivity index (χ3v) is 2.41. The summed E-state index contributed by atoms with van der Waals surface area (Å²) in [5, 5.41) is 3.48. The van der Waals surface area contributed by atoms with E-state index in [1.165, 1.54) is 5.56 Å². The molecule has 0 saturated heterocycles. The second-order valence-corrected chi connectivity index (χ2v) is 3.99. The second kappa shape index (κ2) is 5.71. The van der Waals surface area contributed by atoms with Crippen LogP contribution in [0.1, 0.15) is 31.9 Å². The van der Waals surface area contributed by atoms with Crippen LogP contribution < -0.4 is 10.2 Å². The van der Waals surface area contributed by atoms with Crippen LogP contribution >= 0.6 is 0 Å². The largest absolute Gasteiger partial charge is 0.362 e. The first-order valence-corrected chi connectivity index (χ1v) is 5.52. The minimum atomic E-state index is 0.357. The zero-order valence-electron chi connectivity index (χ0n) is 10.1. The van der Waals surface area contributed by atoms with Crippen molar-refractivity contribution >= 4 is 5.82 Å². The molecule has 0 amide bonds. The normalized spacial score (nSPS) is 12.5. The Morgan fingerprint density at radius 1 is 1.47 bits per heavy atom. The van der Waals surface area contributed by atoms with Gasteiger partial charge in [-0.2, -0.15) is 0 Å². The van der Waals surface area contributed by atoms with Crippen LogP contribution in [0.4, 0.5) is 5.82 Å². The van der Waals surface area contributed by atoms with Crippen molar-refractivity contribution in [2.75, 3.05) is 25.5 Å². The van der Waals surface area contributed by atoms with Gasteiger partial charge in [0.05, 0.1) is 0 Å². The van der Waals surface area contributed by atoms with Gasteiger partial charge in [0.25, 0.3) is 0 Å². The summed E-state index contributed by atoms with van der Waals surface area (Å²) in [4.78, 5) is 6.45. The molecule has 1 aromatic heterocycles. The van der Waals surface area contributed by atoms with E-state index >= 15 is 0 Å². The molecule has 3 heteroatoms. The fraction of sp³-hybridized carbons (Fsp3) is 0.583. The highest BCUT2D eigenvalue weighted by Gasteiger charge is 2.11. The highest BCUT2D eigenvalue weighted by atomic mass is 15.1. The monoisotopic (exact) mass is 207 g/mol. The molecule has 0 spiro atoms. The van der Waals surface area contributed by atoms with Gasteiger partial charge < -0.3 is 10.2 Å². The lowest BCUT2D eigenvalue weighted by Crippen LogP contribution is -2.22. The molecule has 0 fully saturated rings. The summed E-state index contributed by atoms with van der Waals surface area (Å²) in [7, 11) is 4.05. The highest BCUT2D eigenvalue weighted by molar-refractivity contribution is 5.46. The van der Waals surface area contributed by atoms with Crippen molar-refractivity contribution in [3.05, 3.63) is 23.9 Å². The summed E-state index contributed by atoms with van der Waals surface area (Å²) >= 11 is 0. The van der Waals surface area contributed by atoms with Gasteiger partial charge in [-0.1, -0.05) is 13.0 Å². The molecule has 0 aliphatic rings. The Hall–Kier alpha value is -1.09. The summed E-state index contributed by atoms with van der Waals surface area (Å²) in [6, 6.07) is 4.48. The molecule has 1 N–H and O–H groups in total. The molecule has 1 atom stereocenters. The molecular weight excluding hydrogens is 186 g/mol. The molecule has 1 rings (SSSR count). The topological polar surface area (TPSA) is 28.2 Å². The van der Waals surface area contributed by atoms with Gasteiger partial charge in [0.1, 0.15) is 5.82 Å². The van der Waals surface area contributed by atoms with E-state index in [2.05, 4.69) is 35.1 Å². The Kier molecular flexibility index (Phi) is 4.56. The van der Waals surface area contributed by atoms with E-state index < -0.39 is 0 Å². The molecule has 84 valence electrons. The lowest BCUT2D eigenvalue weighted by atomic mass is 10.1. The van der Waals surface area contributed by atoms with E-state index in [4.69, 9.17) is 0 Å². The number of nitrogens with one attached hydrogen (secondary N) is 1. The minimum Gasteiger partial charge on any atom is -0.362 e. The average Bonchev–Trinajstić information content (AvgIpc) is 2.25. The molecule has 0 aromatic carbocycles. The van der Waals surface area contributed by atoms with Gasteiger partial charge >= 0.3 is 0 Å². The summed E-state index contributed by atoms with van der Waals surface area (Å²) in [6.45, 7) is 5.40. The van der Waals surface area contributed by atoms with Crippen molar-refractivity contribution in [1.29, 1.82) is 0 Å². The van der Waals surface area contributed by atoms with E-state index in [0.29, 0.717) is 6.04 Å². The molecule has 0 aliphatic heterocycles. The standard InChI is InChI=1S/C12H21N3/c1-5-8-13-10(2)11-7-6-9-14-12(11)15(3)4/h6-7,9-10,13H,5,8H2,1-4H3. The number of pyridine rings is 1. The molecular formula is C12H21N3. The summed E-state index contributed by atoms with van der Waals surface area (Å²) in [6.07, 6.45) is 2.99. The van der Waals surface area contributed by atoms with Gasteiger partial charge in [0.15, 0.2) is 0 Å². The Balaban J connectivity index is 2.82. The van der Waals surface area contributed by atoms with Crippen molar-refractivity contribution in [3.8, 4) is 0 Å². The van der Waals surface area contributed by atoms with Crippen molar-refractivity contribution in [2.45, 2.75) is 26.3 Å². The number of rotatable bonds is 5. The van der Waals surface area contributed by atoms with Crippen LogP contribution in [-0.4, -0.2) is 25.6 Å². The molecule has 0 saturated carbocycles. The molecule has 0 radical (unpaired) electrons. The Bertz CT molecular complexity index is 297. The average molecular weight is 207 g/mol. The van der Waals surface area contributed by atoms with Crippen molar-refractivity contribution in [2.24, 2.45) is 0 Å². The summed E-state index contributed by atoms with van der Waals surface area (Å²) in [5.74, 6) is 1.05. The number of aromatic nitrogens is 1. The second-order valence-electron chi connectivity index (χ2n) is 3.99. The lowest BCUT2D eigenvalue weighted by molar-refractivity contribution is 0.569. The van der Waals surface area contributed by atoms with Gasteiger partial charge in [-0.15, -0.1) is 0 Å². The van der Waals surface area contributed by atoms with E-state index in [0.717, 1.165) is 18.8 Å². The minimum absolute atomic E-state index is 0.357. The molecule has 1 unspecified atom stereocenters. The predicted molar refractivity (Wildman–Crippen MR) is 65.3 cm³/mol. The third kappa shape index (κ3) is 3.20. The number of hydrogen-bond donors (Lipinski definition) is 1. The van der Waals surface area contributed by atoms with Gasteiger partial charge in [-0.25, -0.2) is 4.98 Å². The van der Waals surface area contributed by atoms with Crippen LogP contribution in [0.5, 0.6) is 0 Å². The van der Waals surface area contributed by atoms with Crippen LogP contribution in [-0.2, 0) is 0 Å². The molecule has 0 bridgehead atoms. The molecule has 0 aliphatic carbocycles. The van der Waals surface area contributed by atoms with Crippen LogP contribution in [0.15, 0.2) is 18.3 Å². The maximum Gasteiger partial charge on any atom is 0.132 e. The molecule has 3 nitrogen and oxygen atoms in total. The summed E-state index contributed by atoms with van der Waals surface area (Å²) < 4.78 is 0. The number of hydrogen-bond acceptors (Lipinski definition) is 3. The van der Waals surface area contributed by atoms with Gasteiger partial charge in [0.2, 0.25) is 0 Å². The van der Waals surface area contributed by atoms with Crippen LogP contribution in [0, 0.1) is 0 Å². The number of anilines is 1. The van der Waals surface area contributed by atoms with E-state index in [9.17, 15) is 0 Å². The maximum atomic E-state index is 4.39. The highest BCUT2D eigenvalue weighted by Crippen LogP contribution is 2.21. The SMILES string of the molecule is CCCNC(C)c1cccnc1N(C)C.